The molecule has 1 aromatic heterocycles. The number of piperidine rings is 1. The van der Waals surface area contributed by atoms with E-state index < -0.39 is 0 Å². The molecule has 1 amide bonds. The van der Waals surface area contributed by atoms with Crippen molar-refractivity contribution in [1.82, 2.24) is 19.7 Å². The van der Waals surface area contributed by atoms with Crippen LogP contribution in [0.5, 0.6) is 5.75 Å². The molecule has 0 unspecified atom stereocenters. The van der Waals surface area contributed by atoms with E-state index in [4.69, 9.17) is 4.74 Å². The predicted molar refractivity (Wildman–Crippen MR) is 175 cm³/mol. The van der Waals surface area contributed by atoms with Gasteiger partial charge >= 0.3 is 0 Å². The predicted octanol–water partition coefficient (Wildman–Crippen LogP) is 6.85. The first-order chi connectivity index (χ1) is 21.1. The molecule has 0 spiro atoms. The molecule has 226 valence electrons. The summed E-state index contributed by atoms with van der Waals surface area (Å²) < 4.78 is 8.81. The van der Waals surface area contributed by atoms with Gasteiger partial charge in [0.05, 0.1) is 0 Å². The van der Waals surface area contributed by atoms with Crippen LogP contribution in [0.3, 0.4) is 0 Å². The molecule has 3 fully saturated rings. The van der Waals surface area contributed by atoms with Crippen LogP contribution in [-0.4, -0.2) is 65.1 Å². The zero-order valence-electron chi connectivity index (χ0n) is 25.6. The van der Waals surface area contributed by atoms with E-state index in [1.54, 1.807) is 0 Å². The average Bonchev–Trinajstić information content (AvgIpc) is 3.80. The van der Waals surface area contributed by atoms with E-state index in [1.165, 1.54) is 79.0 Å². The Hall–Kier alpha value is -3.35. The first-order valence-corrected chi connectivity index (χ1v) is 16.7. The first kappa shape index (κ1) is 28.4. The molecule has 0 radical (unpaired) electrons. The highest BCUT2D eigenvalue weighted by atomic mass is 16.5. The largest absolute Gasteiger partial charge is 0.489 e. The van der Waals surface area contributed by atoms with Gasteiger partial charge < -0.3 is 19.5 Å². The van der Waals surface area contributed by atoms with Crippen molar-refractivity contribution < 1.29 is 9.53 Å². The Morgan fingerprint density at radius 1 is 0.860 bits per heavy atom. The van der Waals surface area contributed by atoms with Gasteiger partial charge in [-0.2, -0.15) is 0 Å². The van der Waals surface area contributed by atoms with Gasteiger partial charge in [-0.05, 0) is 100.0 Å². The van der Waals surface area contributed by atoms with Crippen molar-refractivity contribution in [3.8, 4) is 5.75 Å². The highest BCUT2D eigenvalue weighted by Gasteiger charge is 2.28. The van der Waals surface area contributed by atoms with E-state index in [2.05, 4.69) is 69.1 Å². The van der Waals surface area contributed by atoms with Gasteiger partial charge in [-0.25, -0.2) is 0 Å². The molecule has 1 aliphatic carbocycles. The maximum Gasteiger partial charge on any atom is 0.251 e. The molecule has 43 heavy (non-hydrogen) atoms. The summed E-state index contributed by atoms with van der Waals surface area (Å²) in [6.45, 7) is 9.15. The summed E-state index contributed by atoms with van der Waals surface area (Å²) in [5.41, 5.74) is 4.65. The van der Waals surface area contributed by atoms with Crippen LogP contribution in [0.2, 0.25) is 0 Å². The van der Waals surface area contributed by atoms with Gasteiger partial charge in [0.15, 0.2) is 0 Å². The van der Waals surface area contributed by atoms with Crippen LogP contribution in [0.1, 0.15) is 67.8 Å². The Kier molecular flexibility index (Phi) is 8.40. The quantitative estimate of drug-likeness (QED) is 0.236. The van der Waals surface area contributed by atoms with Crippen LogP contribution in [0.25, 0.3) is 21.8 Å². The highest BCUT2D eigenvalue weighted by molar-refractivity contribution is 6.08. The van der Waals surface area contributed by atoms with Gasteiger partial charge in [-0.1, -0.05) is 43.2 Å². The van der Waals surface area contributed by atoms with Gasteiger partial charge in [-0.3, -0.25) is 9.69 Å². The van der Waals surface area contributed by atoms with Crippen molar-refractivity contribution in [2.45, 2.75) is 77.1 Å². The van der Waals surface area contributed by atoms with Gasteiger partial charge in [0.25, 0.3) is 5.91 Å². The molecule has 1 saturated carbocycles. The van der Waals surface area contributed by atoms with Gasteiger partial charge in [0, 0.05) is 66.1 Å². The van der Waals surface area contributed by atoms with E-state index in [0.29, 0.717) is 11.5 Å². The van der Waals surface area contributed by atoms with Crippen LogP contribution in [0.4, 0.5) is 0 Å². The molecule has 2 saturated heterocycles. The summed E-state index contributed by atoms with van der Waals surface area (Å²) in [7, 11) is 0. The number of benzene rings is 3. The van der Waals surface area contributed by atoms with Crippen LogP contribution in [0, 0.1) is 5.92 Å². The van der Waals surface area contributed by atoms with Crippen LogP contribution >= 0.6 is 0 Å². The van der Waals surface area contributed by atoms with Gasteiger partial charge in [-0.15, -0.1) is 0 Å². The lowest BCUT2D eigenvalue weighted by Gasteiger charge is -2.36. The monoisotopic (exact) mass is 578 g/mol. The van der Waals surface area contributed by atoms with Crippen molar-refractivity contribution >= 4 is 27.7 Å². The number of nitrogens with one attached hydrogen (secondary N) is 1. The fourth-order valence-electron chi connectivity index (χ4n) is 7.87. The van der Waals surface area contributed by atoms with Crippen LogP contribution in [0.15, 0.2) is 66.7 Å². The second kappa shape index (κ2) is 12.7. The summed E-state index contributed by atoms with van der Waals surface area (Å²) in [6.07, 6.45) is 9.04. The number of para-hydroxylation sites is 1. The zero-order valence-corrected chi connectivity index (χ0v) is 25.6. The van der Waals surface area contributed by atoms with Crippen molar-refractivity contribution in [2.75, 3.05) is 32.7 Å². The van der Waals surface area contributed by atoms with Gasteiger partial charge in [0.2, 0.25) is 0 Å². The Bertz CT molecular complexity index is 1560. The second-order valence-electron chi connectivity index (χ2n) is 13.0. The normalized spacial score (nSPS) is 20.8. The number of hydrogen-bond donors (Lipinski definition) is 1. The lowest BCUT2D eigenvalue weighted by atomic mass is 9.95. The molecule has 1 N–H and O–H groups in total. The topological polar surface area (TPSA) is 49.7 Å². The number of fused-ring (bicyclic) bond motifs is 3. The summed E-state index contributed by atoms with van der Waals surface area (Å²) in [4.78, 5) is 18.2. The van der Waals surface area contributed by atoms with Gasteiger partial charge in [0.1, 0.15) is 11.9 Å². The van der Waals surface area contributed by atoms with Crippen molar-refractivity contribution in [3.63, 3.8) is 0 Å². The average molecular weight is 579 g/mol. The third kappa shape index (κ3) is 6.18. The Labute approximate surface area is 256 Å². The molecule has 6 nitrogen and oxygen atoms in total. The summed E-state index contributed by atoms with van der Waals surface area (Å²) in [5, 5.41) is 5.88. The van der Waals surface area contributed by atoms with E-state index >= 15 is 0 Å². The number of aromatic nitrogens is 1. The van der Waals surface area contributed by atoms with Crippen molar-refractivity contribution in [1.29, 1.82) is 0 Å². The number of hydrogen-bond acceptors (Lipinski definition) is 4. The van der Waals surface area contributed by atoms with E-state index in [-0.39, 0.29) is 12.0 Å². The van der Waals surface area contributed by atoms with Crippen LogP contribution in [-0.2, 0) is 13.1 Å². The summed E-state index contributed by atoms with van der Waals surface area (Å²) in [6, 6.07) is 24.2. The smallest absolute Gasteiger partial charge is 0.251 e. The molecule has 6 heteroatoms. The number of ether oxygens (including phenoxy) is 1. The highest BCUT2D eigenvalue weighted by Crippen LogP contribution is 2.31. The number of rotatable bonds is 9. The first-order valence-electron chi connectivity index (χ1n) is 16.7. The molecule has 1 atom stereocenters. The fourth-order valence-corrected chi connectivity index (χ4v) is 7.87. The number of likely N-dealkylation sites (tertiary alicyclic amines) is 2. The number of carbonyl (C=O) groups is 1. The molecular weight excluding hydrogens is 532 g/mol. The third-order valence-corrected chi connectivity index (χ3v) is 10.2. The maximum absolute atomic E-state index is 13.0. The number of amides is 1. The molecule has 2 aliphatic heterocycles. The lowest BCUT2D eigenvalue weighted by molar-refractivity contribution is 0.0924. The standard InChI is InChI=1S/C37H46N4O2/c1-2-41-35-13-6-5-12-33(35)34-22-28(14-15-36(34)41)25-39-19-18-32(26-39)43-31-11-7-8-29(23-31)37(42)38-24-27-16-20-40(21-17-27)30-9-3-4-10-30/h5-8,11-15,22-23,27,30,32H,2-4,9-10,16-21,24-26H2,1H3,(H,38,42)/t32-/m0/s1. The van der Waals surface area contributed by atoms with Crippen molar-refractivity contribution in [3.05, 3.63) is 77.9 Å². The minimum atomic E-state index is 0.0107. The zero-order chi connectivity index (χ0) is 29.2. The SMILES string of the molecule is CCn1c2ccccc2c2cc(CN3CC[C@H](Oc4cccc(C(=O)NCC5CCN(C6CCCC6)CC5)c4)C3)ccc21. The van der Waals surface area contributed by atoms with Crippen molar-refractivity contribution in [2.24, 2.45) is 5.92 Å². The molecule has 3 aliphatic rings. The molecule has 3 heterocycles. The fraction of sp³-hybridized carbons (Fsp3) is 0.486. The third-order valence-electron chi connectivity index (χ3n) is 10.2. The number of nitrogens with zero attached hydrogens (tertiary/aromatic N) is 3. The summed E-state index contributed by atoms with van der Waals surface area (Å²) >= 11 is 0. The Morgan fingerprint density at radius 3 is 2.51 bits per heavy atom. The van der Waals surface area contributed by atoms with E-state index in [9.17, 15) is 4.79 Å². The number of carbonyl (C=O) groups excluding carboxylic acids is 1. The molecule has 4 aromatic rings. The van der Waals surface area contributed by atoms with Crippen LogP contribution < -0.4 is 10.1 Å². The van der Waals surface area contributed by atoms with E-state index in [0.717, 1.165) is 50.9 Å². The molecule has 3 aromatic carbocycles. The minimum absolute atomic E-state index is 0.0107. The number of aryl methyl sites for hydroxylation is 1. The van der Waals surface area contributed by atoms with E-state index in [1.807, 2.05) is 24.3 Å². The summed E-state index contributed by atoms with van der Waals surface area (Å²) in [5.74, 6) is 1.38. The Balaban J connectivity index is 0.911. The second-order valence-corrected chi connectivity index (χ2v) is 13.0. The molecular formula is C37H46N4O2. The Morgan fingerprint density at radius 2 is 1.67 bits per heavy atom. The molecule has 7 rings (SSSR count). The maximum atomic E-state index is 13.0. The lowest BCUT2D eigenvalue weighted by Crippen LogP contribution is -2.42. The minimum Gasteiger partial charge on any atom is -0.489 e. The molecule has 0 bridgehead atoms.